The van der Waals surface area contributed by atoms with E-state index in [0.717, 1.165) is 0 Å². The van der Waals surface area contributed by atoms with Crippen molar-refractivity contribution in [1.29, 1.82) is 0 Å². The van der Waals surface area contributed by atoms with E-state index in [1.807, 2.05) is 0 Å². The number of halogens is 2. The van der Waals surface area contributed by atoms with Crippen LogP contribution >= 0.6 is 23.2 Å². The predicted molar refractivity (Wildman–Crippen MR) is 86.5 cm³/mol. The van der Waals surface area contributed by atoms with Gasteiger partial charge < -0.3 is 21.1 Å². The number of hydrogen-bond acceptors (Lipinski definition) is 3. The first-order valence-electron chi connectivity index (χ1n) is 5.96. The molecule has 2 aromatic carbocycles. The number of urea groups is 1. The number of methoxy groups -OCH3 is 1. The van der Waals surface area contributed by atoms with Crippen LogP contribution in [-0.2, 0) is 0 Å². The Bertz CT molecular complexity index is 677. The van der Waals surface area contributed by atoms with Gasteiger partial charge in [0.2, 0.25) is 0 Å². The fourth-order valence-electron chi connectivity index (χ4n) is 1.63. The first-order chi connectivity index (χ1) is 9.99. The summed E-state index contributed by atoms with van der Waals surface area (Å²) in [5.41, 5.74) is 7.19. The van der Waals surface area contributed by atoms with E-state index in [9.17, 15) is 4.79 Å². The van der Waals surface area contributed by atoms with Gasteiger partial charge >= 0.3 is 6.03 Å². The van der Waals surface area contributed by atoms with Crippen LogP contribution in [-0.4, -0.2) is 13.1 Å². The fraction of sp³-hybridized carbons (Fsp3) is 0.0714. The molecule has 110 valence electrons. The van der Waals surface area contributed by atoms with Crippen LogP contribution in [0.4, 0.5) is 21.9 Å². The molecular weight excluding hydrogens is 313 g/mol. The Balaban J connectivity index is 2.09. The minimum Gasteiger partial charge on any atom is -0.497 e. The number of benzene rings is 2. The van der Waals surface area contributed by atoms with Gasteiger partial charge in [-0.3, -0.25) is 0 Å². The molecule has 0 radical (unpaired) electrons. The summed E-state index contributed by atoms with van der Waals surface area (Å²) in [7, 11) is 1.53. The minimum atomic E-state index is -0.451. The third-order valence-corrected chi connectivity index (χ3v) is 3.43. The first-order valence-corrected chi connectivity index (χ1v) is 6.72. The standard InChI is InChI=1S/C14H13Cl2N3O2/c1-21-9-3-5-12(17)13(7-9)19-14(20)18-8-2-4-10(15)11(16)6-8/h2-7H,17H2,1H3,(H2,18,19,20). The molecule has 0 aliphatic carbocycles. The number of nitrogen functional groups attached to an aromatic ring is 1. The Kier molecular flexibility index (Phi) is 4.77. The second-order valence-corrected chi connectivity index (χ2v) is 4.98. The third kappa shape index (κ3) is 3.93. The lowest BCUT2D eigenvalue weighted by Gasteiger charge is -2.11. The molecule has 0 aliphatic heterocycles. The van der Waals surface area contributed by atoms with Crippen LogP contribution in [0.1, 0.15) is 0 Å². The zero-order valence-corrected chi connectivity index (χ0v) is 12.6. The number of carbonyl (C=O) groups excluding carboxylic acids is 1. The Labute approximate surface area is 132 Å². The van der Waals surface area contributed by atoms with E-state index in [2.05, 4.69) is 10.6 Å². The third-order valence-electron chi connectivity index (χ3n) is 2.69. The van der Waals surface area contributed by atoms with E-state index in [1.165, 1.54) is 7.11 Å². The number of anilines is 3. The lowest BCUT2D eigenvalue weighted by Crippen LogP contribution is -2.20. The molecule has 2 rings (SSSR count). The van der Waals surface area contributed by atoms with Crippen molar-refractivity contribution in [1.82, 2.24) is 0 Å². The van der Waals surface area contributed by atoms with Crippen LogP contribution in [0.25, 0.3) is 0 Å². The Hall–Kier alpha value is -2.11. The van der Waals surface area contributed by atoms with Gasteiger partial charge in [-0.05, 0) is 30.3 Å². The number of carbonyl (C=O) groups is 1. The van der Waals surface area contributed by atoms with E-state index in [-0.39, 0.29) is 0 Å². The van der Waals surface area contributed by atoms with Crippen molar-refractivity contribution >= 4 is 46.3 Å². The molecule has 21 heavy (non-hydrogen) atoms. The van der Waals surface area contributed by atoms with Crippen molar-refractivity contribution in [2.45, 2.75) is 0 Å². The van der Waals surface area contributed by atoms with Crippen molar-refractivity contribution in [3.8, 4) is 5.75 Å². The summed E-state index contributed by atoms with van der Waals surface area (Å²) in [5.74, 6) is 0.592. The molecule has 0 atom stereocenters. The molecule has 5 nitrogen and oxygen atoms in total. The quantitative estimate of drug-likeness (QED) is 0.739. The number of ether oxygens (including phenoxy) is 1. The summed E-state index contributed by atoms with van der Waals surface area (Å²) in [5, 5.41) is 6.04. The molecule has 2 aromatic rings. The number of rotatable bonds is 3. The summed E-state index contributed by atoms with van der Waals surface area (Å²) in [6.07, 6.45) is 0. The molecule has 4 N–H and O–H groups in total. The summed E-state index contributed by atoms with van der Waals surface area (Å²) in [4.78, 5) is 11.9. The zero-order valence-electron chi connectivity index (χ0n) is 11.1. The molecule has 0 unspecified atom stereocenters. The van der Waals surface area contributed by atoms with Crippen LogP contribution in [0.2, 0.25) is 10.0 Å². The zero-order chi connectivity index (χ0) is 15.4. The van der Waals surface area contributed by atoms with Gasteiger partial charge in [-0.25, -0.2) is 4.79 Å². The highest BCUT2D eigenvalue weighted by Gasteiger charge is 2.08. The Morgan fingerprint density at radius 1 is 1.10 bits per heavy atom. The van der Waals surface area contributed by atoms with Crippen LogP contribution in [0, 0.1) is 0 Å². The van der Waals surface area contributed by atoms with Crippen LogP contribution in [0.5, 0.6) is 5.75 Å². The van der Waals surface area contributed by atoms with Gasteiger partial charge in [0, 0.05) is 11.8 Å². The van der Waals surface area contributed by atoms with Gasteiger partial charge in [-0.1, -0.05) is 23.2 Å². The monoisotopic (exact) mass is 325 g/mol. The van der Waals surface area contributed by atoms with Gasteiger partial charge in [-0.15, -0.1) is 0 Å². The van der Waals surface area contributed by atoms with Crippen LogP contribution in [0.15, 0.2) is 36.4 Å². The molecule has 0 fully saturated rings. The molecule has 0 aliphatic rings. The number of nitrogens with one attached hydrogen (secondary N) is 2. The molecule has 2 amide bonds. The molecule has 0 saturated carbocycles. The van der Waals surface area contributed by atoms with E-state index >= 15 is 0 Å². The summed E-state index contributed by atoms with van der Waals surface area (Å²) in [6.45, 7) is 0. The smallest absolute Gasteiger partial charge is 0.323 e. The number of amides is 2. The maximum Gasteiger partial charge on any atom is 0.323 e. The molecule has 0 saturated heterocycles. The molecular formula is C14H13Cl2N3O2. The van der Waals surface area contributed by atoms with Gasteiger partial charge in [0.1, 0.15) is 5.75 Å². The van der Waals surface area contributed by atoms with E-state index in [4.69, 9.17) is 33.7 Å². The van der Waals surface area contributed by atoms with Gasteiger partial charge in [0.15, 0.2) is 0 Å². The topological polar surface area (TPSA) is 76.4 Å². The molecule has 0 aromatic heterocycles. The maximum absolute atomic E-state index is 11.9. The maximum atomic E-state index is 11.9. The SMILES string of the molecule is COc1ccc(N)c(NC(=O)Nc2ccc(Cl)c(Cl)c2)c1. The van der Waals surface area contributed by atoms with Crippen molar-refractivity contribution in [3.05, 3.63) is 46.4 Å². The molecule has 0 spiro atoms. The molecule has 0 bridgehead atoms. The second kappa shape index (κ2) is 6.56. The average Bonchev–Trinajstić information content (AvgIpc) is 2.45. The van der Waals surface area contributed by atoms with Crippen molar-refractivity contribution in [2.75, 3.05) is 23.5 Å². The lowest BCUT2D eigenvalue weighted by molar-refractivity contribution is 0.262. The van der Waals surface area contributed by atoms with E-state index in [0.29, 0.717) is 32.9 Å². The lowest BCUT2D eigenvalue weighted by atomic mass is 10.2. The summed E-state index contributed by atoms with van der Waals surface area (Å²) < 4.78 is 5.08. The minimum absolute atomic E-state index is 0.357. The Morgan fingerprint density at radius 2 is 1.86 bits per heavy atom. The highest BCUT2D eigenvalue weighted by Crippen LogP contribution is 2.26. The largest absolute Gasteiger partial charge is 0.497 e. The predicted octanol–water partition coefficient (Wildman–Crippen LogP) is 4.23. The van der Waals surface area contributed by atoms with Crippen molar-refractivity contribution in [2.24, 2.45) is 0 Å². The first kappa shape index (κ1) is 15.3. The van der Waals surface area contributed by atoms with Crippen molar-refractivity contribution in [3.63, 3.8) is 0 Å². The second-order valence-electron chi connectivity index (χ2n) is 4.16. The summed E-state index contributed by atoms with van der Waals surface area (Å²) in [6, 6.07) is 9.32. The fourth-order valence-corrected chi connectivity index (χ4v) is 1.93. The van der Waals surface area contributed by atoms with Crippen LogP contribution in [0.3, 0.4) is 0 Å². The van der Waals surface area contributed by atoms with Gasteiger partial charge in [0.05, 0.1) is 28.5 Å². The molecule has 0 heterocycles. The van der Waals surface area contributed by atoms with E-state index < -0.39 is 6.03 Å². The number of nitrogens with two attached hydrogens (primary N) is 1. The highest BCUT2D eigenvalue weighted by molar-refractivity contribution is 6.42. The molecule has 7 heteroatoms. The highest BCUT2D eigenvalue weighted by atomic mass is 35.5. The normalized spacial score (nSPS) is 10.0. The Morgan fingerprint density at radius 3 is 2.52 bits per heavy atom. The average molecular weight is 326 g/mol. The van der Waals surface area contributed by atoms with E-state index in [1.54, 1.807) is 36.4 Å². The van der Waals surface area contributed by atoms with Crippen LogP contribution < -0.4 is 21.1 Å². The summed E-state index contributed by atoms with van der Waals surface area (Å²) >= 11 is 11.7. The van der Waals surface area contributed by atoms with Crippen molar-refractivity contribution < 1.29 is 9.53 Å². The van der Waals surface area contributed by atoms with Gasteiger partial charge in [-0.2, -0.15) is 0 Å². The van der Waals surface area contributed by atoms with Gasteiger partial charge in [0.25, 0.3) is 0 Å². The number of hydrogen-bond donors (Lipinski definition) is 3.